The molecule has 0 radical (unpaired) electrons. The number of ether oxygens (including phenoxy) is 2. The van der Waals surface area contributed by atoms with E-state index >= 15 is 0 Å². The highest BCUT2D eigenvalue weighted by Crippen LogP contribution is 2.31. The Labute approximate surface area is 156 Å². The van der Waals surface area contributed by atoms with Crippen molar-refractivity contribution in [3.8, 4) is 17.3 Å². The molecule has 0 amide bonds. The maximum absolute atomic E-state index is 12.7. The standard InChI is InChI=1S/C17H17N5O4S/c23-27(24,14-4-5-15-16(9-14)26-8-2-7-25-15)21-10-13-3-1-6-19-17(13)22-12-18-11-20-22/h1,3-6,9,11-12,21H,2,7-8,10H2. The van der Waals surface area contributed by atoms with Crippen molar-refractivity contribution in [2.45, 2.75) is 17.9 Å². The highest BCUT2D eigenvalue weighted by atomic mass is 32.2. The molecule has 1 aliphatic heterocycles. The Morgan fingerprint density at radius 1 is 1.15 bits per heavy atom. The minimum Gasteiger partial charge on any atom is -0.490 e. The van der Waals surface area contributed by atoms with Crippen molar-refractivity contribution in [1.29, 1.82) is 0 Å². The number of fused-ring (bicyclic) bond motifs is 1. The zero-order valence-electron chi connectivity index (χ0n) is 14.3. The lowest BCUT2D eigenvalue weighted by molar-refractivity contribution is 0.297. The molecule has 9 nitrogen and oxygen atoms in total. The van der Waals surface area contributed by atoms with Crippen LogP contribution in [0.15, 0.2) is 54.1 Å². The van der Waals surface area contributed by atoms with Gasteiger partial charge in [-0.25, -0.2) is 27.8 Å². The summed E-state index contributed by atoms with van der Waals surface area (Å²) in [5.41, 5.74) is 0.668. The Hall–Kier alpha value is -2.98. The molecule has 0 atom stereocenters. The molecule has 0 aliphatic carbocycles. The fourth-order valence-electron chi connectivity index (χ4n) is 2.66. The van der Waals surface area contributed by atoms with Crippen LogP contribution in [0.4, 0.5) is 0 Å². The number of hydrogen-bond donors (Lipinski definition) is 1. The Kier molecular flexibility index (Phi) is 4.73. The van der Waals surface area contributed by atoms with Gasteiger partial charge in [-0.2, -0.15) is 5.10 Å². The quantitative estimate of drug-likeness (QED) is 0.703. The number of aromatic nitrogens is 4. The maximum atomic E-state index is 12.7. The summed E-state index contributed by atoms with van der Waals surface area (Å²) >= 11 is 0. The van der Waals surface area contributed by atoms with Crippen molar-refractivity contribution in [2.24, 2.45) is 0 Å². The van der Waals surface area contributed by atoms with Crippen LogP contribution >= 0.6 is 0 Å². The second kappa shape index (κ2) is 7.33. The number of hydrogen-bond acceptors (Lipinski definition) is 7. The second-order valence-electron chi connectivity index (χ2n) is 5.81. The average molecular weight is 387 g/mol. The van der Waals surface area contributed by atoms with E-state index in [2.05, 4.69) is 19.8 Å². The molecule has 1 aromatic carbocycles. The lowest BCUT2D eigenvalue weighted by atomic mass is 10.2. The van der Waals surface area contributed by atoms with Gasteiger partial charge in [-0.1, -0.05) is 6.07 Å². The first kappa shape index (κ1) is 17.4. The molecule has 3 heterocycles. The van der Waals surface area contributed by atoms with E-state index in [-0.39, 0.29) is 11.4 Å². The molecule has 0 bridgehead atoms. The first-order valence-electron chi connectivity index (χ1n) is 8.32. The summed E-state index contributed by atoms with van der Waals surface area (Å²) in [4.78, 5) is 8.25. The number of sulfonamides is 1. The summed E-state index contributed by atoms with van der Waals surface area (Å²) in [5.74, 6) is 1.49. The summed E-state index contributed by atoms with van der Waals surface area (Å²) in [7, 11) is -3.75. The molecule has 27 heavy (non-hydrogen) atoms. The molecule has 4 rings (SSSR count). The first-order valence-corrected chi connectivity index (χ1v) is 9.80. The van der Waals surface area contributed by atoms with Crippen LogP contribution in [-0.2, 0) is 16.6 Å². The molecule has 0 unspecified atom stereocenters. The van der Waals surface area contributed by atoms with Gasteiger partial charge in [0.1, 0.15) is 12.7 Å². The SMILES string of the molecule is O=S(=O)(NCc1cccnc1-n1cncn1)c1ccc2c(c1)OCCCO2. The molecule has 0 saturated carbocycles. The summed E-state index contributed by atoms with van der Waals surface area (Å²) < 4.78 is 40.6. The minimum atomic E-state index is -3.75. The maximum Gasteiger partial charge on any atom is 0.241 e. The van der Waals surface area contributed by atoms with Crippen LogP contribution < -0.4 is 14.2 Å². The van der Waals surface area contributed by atoms with E-state index in [0.29, 0.717) is 36.1 Å². The van der Waals surface area contributed by atoms with E-state index in [4.69, 9.17) is 9.47 Å². The molecule has 3 aromatic rings. The monoisotopic (exact) mass is 387 g/mol. The molecule has 10 heteroatoms. The molecular formula is C17H17N5O4S. The predicted octanol–water partition coefficient (Wildman–Crippen LogP) is 1.30. The topological polar surface area (TPSA) is 108 Å². The largest absolute Gasteiger partial charge is 0.490 e. The van der Waals surface area contributed by atoms with Gasteiger partial charge < -0.3 is 9.47 Å². The Morgan fingerprint density at radius 2 is 2.00 bits per heavy atom. The summed E-state index contributed by atoms with van der Waals surface area (Å²) in [6.45, 7) is 1.09. The summed E-state index contributed by atoms with van der Waals surface area (Å²) in [6, 6.07) is 8.10. The van der Waals surface area contributed by atoms with Gasteiger partial charge in [0.15, 0.2) is 17.3 Å². The van der Waals surface area contributed by atoms with Gasteiger partial charge >= 0.3 is 0 Å². The number of nitrogens with one attached hydrogen (secondary N) is 1. The number of nitrogens with zero attached hydrogens (tertiary/aromatic N) is 4. The van der Waals surface area contributed by atoms with E-state index in [9.17, 15) is 8.42 Å². The highest BCUT2D eigenvalue weighted by molar-refractivity contribution is 7.89. The smallest absolute Gasteiger partial charge is 0.241 e. The second-order valence-corrected chi connectivity index (χ2v) is 7.58. The minimum absolute atomic E-state index is 0.0554. The van der Waals surface area contributed by atoms with E-state index < -0.39 is 10.0 Å². The third kappa shape index (κ3) is 3.76. The zero-order valence-corrected chi connectivity index (χ0v) is 15.1. The molecule has 0 saturated heterocycles. The first-order chi connectivity index (χ1) is 13.1. The lowest BCUT2D eigenvalue weighted by Gasteiger charge is -2.12. The third-order valence-corrected chi connectivity index (χ3v) is 5.38. The normalized spacial score (nSPS) is 13.9. The van der Waals surface area contributed by atoms with Crippen LogP contribution in [0.1, 0.15) is 12.0 Å². The van der Waals surface area contributed by atoms with Gasteiger partial charge in [0, 0.05) is 30.8 Å². The van der Waals surface area contributed by atoms with Gasteiger partial charge in [0.25, 0.3) is 0 Å². The molecule has 0 spiro atoms. The van der Waals surface area contributed by atoms with E-state index in [1.807, 2.05) is 0 Å². The molecule has 1 N–H and O–H groups in total. The van der Waals surface area contributed by atoms with Crippen molar-refractivity contribution in [3.05, 3.63) is 54.7 Å². The summed E-state index contributed by atoms with van der Waals surface area (Å²) in [6.07, 6.45) is 5.25. The number of rotatable bonds is 5. The van der Waals surface area contributed by atoms with E-state index in [1.165, 1.54) is 29.5 Å². The molecule has 1 aliphatic rings. The Bertz CT molecular complexity index is 1040. The molecular weight excluding hydrogens is 370 g/mol. The fourth-order valence-corrected chi connectivity index (χ4v) is 3.68. The van der Waals surface area contributed by atoms with Crippen molar-refractivity contribution in [1.82, 2.24) is 24.5 Å². The van der Waals surface area contributed by atoms with Crippen LogP contribution in [-0.4, -0.2) is 41.4 Å². The van der Waals surface area contributed by atoms with Crippen LogP contribution in [0.5, 0.6) is 11.5 Å². The molecule has 140 valence electrons. The number of pyridine rings is 1. The predicted molar refractivity (Wildman–Crippen MR) is 95.2 cm³/mol. The zero-order chi connectivity index (χ0) is 18.7. The lowest BCUT2D eigenvalue weighted by Crippen LogP contribution is -2.24. The van der Waals surface area contributed by atoms with Crippen LogP contribution in [0, 0.1) is 0 Å². The summed E-state index contributed by atoms with van der Waals surface area (Å²) in [5, 5.41) is 4.04. The van der Waals surface area contributed by atoms with Gasteiger partial charge in [-0.05, 0) is 18.2 Å². The molecule has 2 aromatic heterocycles. The number of benzene rings is 1. The van der Waals surface area contributed by atoms with E-state index in [1.54, 1.807) is 24.4 Å². The molecule has 0 fully saturated rings. The Morgan fingerprint density at radius 3 is 2.81 bits per heavy atom. The fraction of sp³-hybridized carbons (Fsp3) is 0.235. The van der Waals surface area contributed by atoms with Crippen molar-refractivity contribution in [2.75, 3.05) is 13.2 Å². The van der Waals surface area contributed by atoms with Gasteiger partial charge in [0.05, 0.1) is 18.1 Å². The van der Waals surface area contributed by atoms with Gasteiger partial charge in [-0.3, -0.25) is 0 Å². The van der Waals surface area contributed by atoms with Gasteiger partial charge in [0.2, 0.25) is 10.0 Å². The van der Waals surface area contributed by atoms with Crippen LogP contribution in [0.25, 0.3) is 5.82 Å². The van der Waals surface area contributed by atoms with Crippen molar-refractivity contribution < 1.29 is 17.9 Å². The van der Waals surface area contributed by atoms with E-state index in [0.717, 1.165) is 6.42 Å². The highest BCUT2D eigenvalue weighted by Gasteiger charge is 2.19. The Balaban J connectivity index is 1.56. The third-order valence-electron chi connectivity index (χ3n) is 3.99. The van der Waals surface area contributed by atoms with Gasteiger partial charge in [-0.15, -0.1) is 0 Å². The van der Waals surface area contributed by atoms with Crippen LogP contribution in [0.2, 0.25) is 0 Å². The average Bonchev–Trinajstić information content (AvgIpc) is 3.11. The van der Waals surface area contributed by atoms with Crippen LogP contribution in [0.3, 0.4) is 0 Å². The van der Waals surface area contributed by atoms with Crippen molar-refractivity contribution in [3.63, 3.8) is 0 Å². The van der Waals surface area contributed by atoms with Crippen molar-refractivity contribution >= 4 is 10.0 Å².